The zero-order valence-electron chi connectivity index (χ0n) is 9.14. The molecule has 0 unspecified atom stereocenters. The maximum atomic E-state index is 13.3. The fraction of sp³-hybridized carbons (Fsp3) is 0.250. The van der Waals surface area contributed by atoms with Crippen LogP contribution < -0.4 is 0 Å². The minimum absolute atomic E-state index is 0.320. The number of thiazole rings is 1. The molecule has 0 fully saturated rings. The van der Waals surface area contributed by atoms with E-state index in [1.807, 2.05) is 5.38 Å². The van der Waals surface area contributed by atoms with Crippen LogP contribution in [0.4, 0.5) is 4.39 Å². The normalized spacial score (nSPS) is 10.8. The van der Waals surface area contributed by atoms with Crippen molar-refractivity contribution < 1.29 is 4.39 Å². The molecule has 0 saturated heterocycles. The first-order valence-electron chi connectivity index (χ1n) is 5.14. The summed E-state index contributed by atoms with van der Waals surface area (Å²) in [4.78, 5) is 4.49. The Morgan fingerprint density at radius 1 is 1.47 bits per heavy atom. The number of aryl methyl sites for hydroxylation is 1. The number of alkyl halides is 1. The van der Waals surface area contributed by atoms with E-state index >= 15 is 0 Å². The van der Waals surface area contributed by atoms with Crippen molar-refractivity contribution in [3.8, 4) is 11.3 Å². The Bertz CT molecular complexity index is 541. The molecule has 0 spiro atoms. The molecule has 0 aliphatic carbocycles. The number of benzene rings is 1. The highest BCUT2D eigenvalue weighted by Crippen LogP contribution is 2.34. The summed E-state index contributed by atoms with van der Waals surface area (Å²) in [5.41, 5.74) is 2.47. The van der Waals surface area contributed by atoms with E-state index in [0.717, 1.165) is 28.2 Å². The van der Waals surface area contributed by atoms with Gasteiger partial charge in [0.15, 0.2) is 0 Å². The predicted molar refractivity (Wildman–Crippen MR) is 74.5 cm³/mol. The molecule has 0 N–H and O–H groups in total. The van der Waals surface area contributed by atoms with Crippen molar-refractivity contribution in [3.63, 3.8) is 0 Å². The fourth-order valence-electron chi connectivity index (χ4n) is 1.61. The molecule has 0 saturated carbocycles. The van der Waals surface area contributed by atoms with Crippen molar-refractivity contribution in [3.05, 3.63) is 38.9 Å². The Morgan fingerprint density at radius 2 is 2.24 bits per heavy atom. The van der Waals surface area contributed by atoms with E-state index in [-0.39, 0.29) is 5.82 Å². The molecule has 5 heteroatoms. The van der Waals surface area contributed by atoms with Crippen molar-refractivity contribution in [2.24, 2.45) is 0 Å². The minimum Gasteiger partial charge on any atom is -0.241 e. The van der Waals surface area contributed by atoms with Gasteiger partial charge in [-0.25, -0.2) is 9.37 Å². The molecule has 1 nitrogen and oxygen atoms in total. The van der Waals surface area contributed by atoms with Gasteiger partial charge in [-0.2, -0.15) is 0 Å². The van der Waals surface area contributed by atoms with Gasteiger partial charge >= 0.3 is 0 Å². The quantitative estimate of drug-likeness (QED) is 0.715. The van der Waals surface area contributed by atoms with Crippen LogP contribution in [0.3, 0.4) is 0 Å². The lowest BCUT2D eigenvalue weighted by atomic mass is 10.1. The van der Waals surface area contributed by atoms with Crippen LogP contribution in [-0.2, 0) is 11.8 Å². The van der Waals surface area contributed by atoms with Crippen LogP contribution in [0.1, 0.15) is 17.5 Å². The average molecular weight is 335 g/mol. The van der Waals surface area contributed by atoms with Gasteiger partial charge in [0.05, 0.1) is 15.7 Å². The van der Waals surface area contributed by atoms with E-state index in [4.69, 9.17) is 11.6 Å². The Kier molecular flexibility index (Phi) is 4.17. The maximum Gasteiger partial charge on any atom is 0.125 e. The number of nitrogens with zero attached hydrogens (tertiary/aromatic N) is 1. The van der Waals surface area contributed by atoms with Gasteiger partial charge in [-0.1, -0.05) is 34.5 Å². The third-order valence-electron chi connectivity index (χ3n) is 2.39. The number of hydrogen-bond acceptors (Lipinski definition) is 2. The first kappa shape index (κ1) is 13.0. The molecule has 1 aromatic heterocycles. The van der Waals surface area contributed by atoms with E-state index < -0.39 is 0 Å². The van der Waals surface area contributed by atoms with Crippen LogP contribution >= 0.6 is 38.9 Å². The van der Waals surface area contributed by atoms with Crippen molar-refractivity contribution in [2.45, 2.75) is 18.7 Å². The van der Waals surface area contributed by atoms with Gasteiger partial charge in [0, 0.05) is 16.3 Å². The first-order chi connectivity index (χ1) is 8.15. The largest absolute Gasteiger partial charge is 0.241 e. The van der Waals surface area contributed by atoms with Crippen molar-refractivity contribution in [2.75, 3.05) is 0 Å². The summed E-state index contributed by atoms with van der Waals surface area (Å²) < 4.78 is 13.3. The van der Waals surface area contributed by atoms with Crippen LogP contribution in [0, 0.1) is 5.82 Å². The van der Waals surface area contributed by atoms with E-state index in [0.29, 0.717) is 10.4 Å². The van der Waals surface area contributed by atoms with E-state index in [1.54, 1.807) is 11.3 Å². The average Bonchev–Trinajstić information content (AvgIpc) is 2.76. The van der Waals surface area contributed by atoms with Crippen LogP contribution in [-0.4, -0.2) is 4.98 Å². The minimum atomic E-state index is -0.320. The summed E-state index contributed by atoms with van der Waals surface area (Å²) in [6, 6.07) is 2.81. The molecule has 2 aromatic rings. The van der Waals surface area contributed by atoms with Crippen LogP contribution in [0.25, 0.3) is 11.3 Å². The predicted octanol–water partition coefficient (Wildman–Crippen LogP) is 5.06. The monoisotopic (exact) mass is 333 g/mol. The lowest BCUT2D eigenvalue weighted by Gasteiger charge is -2.07. The second-order valence-corrected chi connectivity index (χ2v) is 5.45. The topological polar surface area (TPSA) is 12.9 Å². The summed E-state index contributed by atoms with van der Waals surface area (Å²) >= 11 is 11.1. The standard InChI is InChI=1S/C12H10BrClFNS/c1-2-11-16-10(6-17-11)12-7(5-13)3-8(15)4-9(12)14/h3-4,6H,2,5H2,1H3. The first-order valence-corrected chi connectivity index (χ1v) is 7.52. The molecule has 2 rings (SSSR count). The molecule has 90 valence electrons. The second kappa shape index (κ2) is 5.46. The van der Waals surface area contributed by atoms with Gasteiger partial charge in [0.2, 0.25) is 0 Å². The Hall–Kier alpha value is -0.450. The zero-order valence-corrected chi connectivity index (χ0v) is 12.3. The number of rotatable bonds is 3. The smallest absolute Gasteiger partial charge is 0.125 e. The van der Waals surface area contributed by atoms with E-state index in [9.17, 15) is 4.39 Å². The second-order valence-electron chi connectivity index (χ2n) is 3.54. The van der Waals surface area contributed by atoms with E-state index in [2.05, 4.69) is 27.8 Å². The van der Waals surface area contributed by atoms with Gasteiger partial charge in [-0.3, -0.25) is 0 Å². The third-order valence-corrected chi connectivity index (χ3v) is 4.29. The highest BCUT2D eigenvalue weighted by atomic mass is 79.9. The maximum absolute atomic E-state index is 13.3. The number of halogens is 3. The molecular formula is C12H10BrClFNS. The molecule has 0 aliphatic rings. The van der Waals surface area contributed by atoms with Crippen LogP contribution in [0.5, 0.6) is 0 Å². The Balaban J connectivity index is 2.57. The summed E-state index contributed by atoms with van der Waals surface area (Å²) in [5.74, 6) is -0.320. The van der Waals surface area contributed by atoms with Gasteiger partial charge in [0.25, 0.3) is 0 Å². The molecule has 1 aromatic carbocycles. The summed E-state index contributed by atoms with van der Waals surface area (Å²) in [6.45, 7) is 2.06. The molecule has 0 amide bonds. The molecule has 0 atom stereocenters. The van der Waals surface area contributed by atoms with Crippen molar-refractivity contribution in [1.29, 1.82) is 0 Å². The highest BCUT2D eigenvalue weighted by Gasteiger charge is 2.14. The van der Waals surface area contributed by atoms with Crippen molar-refractivity contribution >= 4 is 38.9 Å². The third kappa shape index (κ3) is 2.69. The molecule has 0 radical (unpaired) electrons. The van der Waals surface area contributed by atoms with Crippen LogP contribution in [0.15, 0.2) is 17.5 Å². The molecule has 1 heterocycles. The molecule has 0 aliphatic heterocycles. The van der Waals surface area contributed by atoms with Gasteiger partial charge in [0.1, 0.15) is 5.82 Å². The lowest BCUT2D eigenvalue weighted by molar-refractivity contribution is 0.627. The molecule has 0 bridgehead atoms. The van der Waals surface area contributed by atoms with E-state index in [1.165, 1.54) is 12.1 Å². The van der Waals surface area contributed by atoms with Gasteiger partial charge < -0.3 is 0 Å². The van der Waals surface area contributed by atoms with Crippen molar-refractivity contribution in [1.82, 2.24) is 4.98 Å². The molecular weight excluding hydrogens is 325 g/mol. The zero-order chi connectivity index (χ0) is 12.4. The molecule has 17 heavy (non-hydrogen) atoms. The summed E-state index contributed by atoms with van der Waals surface area (Å²) in [5, 5.41) is 3.98. The fourth-order valence-corrected chi connectivity index (χ4v) is 3.11. The van der Waals surface area contributed by atoms with Gasteiger partial charge in [-0.15, -0.1) is 11.3 Å². The summed E-state index contributed by atoms with van der Waals surface area (Å²) in [7, 11) is 0. The summed E-state index contributed by atoms with van der Waals surface area (Å²) in [6.07, 6.45) is 0.896. The van der Waals surface area contributed by atoms with Gasteiger partial charge in [-0.05, 0) is 24.1 Å². The Morgan fingerprint density at radius 3 is 2.82 bits per heavy atom. The Labute approximate surface area is 117 Å². The highest BCUT2D eigenvalue weighted by molar-refractivity contribution is 9.08. The SMILES string of the molecule is CCc1nc(-c2c(Cl)cc(F)cc2CBr)cs1. The van der Waals surface area contributed by atoms with Crippen LogP contribution in [0.2, 0.25) is 5.02 Å². The number of aromatic nitrogens is 1. The lowest BCUT2D eigenvalue weighted by Crippen LogP contribution is -1.91. The number of hydrogen-bond donors (Lipinski definition) is 0.